The van der Waals surface area contributed by atoms with Gasteiger partial charge in [-0.15, -0.1) is 12.8 Å². The molecule has 0 aliphatic heterocycles. The quantitative estimate of drug-likeness (QED) is 0.429. The van der Waals surface area contributed by atoms with Crippen LogP contribution in [0.25, 0.3) is 0 Å². The Morgan fingerprint density at radius 3 is 1.67 bits per heavy atom. The molecule has 4 nitrogen and oxygen atoms in total. The fraction of sp³-hybridized carbons (Fsp3) is 0.500. The Morgan fingerprint density at radius 2 is 1.39 bits per heavy atom. The van der Waals surface area contributed by atoms with Gasteiger partial charge in [0.25, 0.3) is 0 Å². The van der Waals surface area contributed by atoms with Crippen LogP contribution >= 0.6 is 7.82 Å². The molecule has 0 aromatic rings. The van der Waals surface area contributed by atoms with Crippen LogP contribution in [0.5, 0.6) is 0 Å². The second-order valence-electron chi connectivity index (χ2n) is 2.51. The minimum absolute atomic E-state index is 0.865. The van der Waals surface area contributed by atoms with Crippen LogP contribution in [0.15, 0.2) is 0 Å². The lowest BCUT2D eigenvalue weighted by atomic mass is 10.6. The van der Waals surface area contributed by atoms with Crippen LogP contribution in [0.3, 0.4) is 0 Å². The number of hydrogen-bond acceptors (Lipinski definition) is 4. The van der Waals surface area contributed by atoms with Crippen molar-refractivity contribution in [3.8, 4) is 24.7 Å². The van der Waals surface area contributed by atoms with Gasteiger partial charge >= 0.3 is 20.1 Å². The molecule has 0 aromatic heterocycles. The van der Waals surface area contributed by atoms with Crippen molar-refractivity contribution in [2.24, 2.45) is 0 Å². The molecule has 0 aliphatic carbocycles. The lowest BCUT2D eigenvalue weighted by molar-refractivity contribution is -0.365. The predicted molar refractivity (Wildman–Crippen MR) is 49.3 cm³/mol. The fourth-order valence-electron chi connectivity index (χ4n) is 0.515. The largest absolute Gasteiger partial charge is 0.483 e. The van der Waals surface area contributed by atoms with Gasteiger partial charge in [-0.2, -0.15) is 22.0 Å². The van der Waals surface area contributed by atoms with Gasteiger partial charge < -0.3 is 0 Å². The van der Waals surface area contributed by atoms with E-state index in [1.165, 1.54) is 0 Å². The maximum atomic E-state index is 12.5. The molecule has 0 N–H and O–H groups in total. The Labute approximate surface area is 99.0 Å². The number of rotatable bonds is 6. The van der Waals surface area contributed by atoms with E-state index in [1.807, 2.05) is 0 Å². The van der Waals surface area contributed by atoms with E-state index >= 15 is 0 Å². The Bertz CT molecular complexity index is 383. The summed E-state index contributed by atoms with van der Waals surface area (Å²) in [6, 6.07) is 0. The van der Waals surface area contributed by atoms with E-state index in [0.717, 1.165) is 0 Å². The summed E-state index contributed by atoms with van der Waals surface area (Å²) in [4.78, 5) is 0. The Morgan fingerprint density at radius 1 is 1.00 bits per heavy atom. The zero-order chi connectivity index (χ0) is 14.4. The first-order valence-electron chi connectivity index (χ1n) is 3.99. The molecule has 0 fully saturated rings. The molecule has 0 atom stereocenters. The summed E-state index contributed by atoms with van der Waals surface area (Å²) < 4.78 is 82.9. The van der Waals surface area contributed by atoms with E-state index in [2.05, 4.69) is 26.4 Å². The fourth-order valence-corrected chi connectivity index (χ4v) is 1.54. The first-order chi connectivity index (χ1) is 8.08. The monoisotopic (exact) mass is 292 g/mol. The van der Waals surface area contributed by atoms with Crippen molar-refractivity contribution in [3.63, 3.8) is 0 Å². The molecule has 18 heavy (non-hydrogen) atoms. The molecule has 0 bridgehead atoms. The lowest BCUT2D eigenvalue weighted by Crippen LogP contribution is -2.38. The third-order valence-electron chi connectivity index (χ3n) is 1.17. The van der Waals surface area contributed by atoms with Crippen LogP contribution in [0, 0.1) is 24.7 Å². The molecule has 0 aromatic carbocycles. The summed E-state index contributed by atoms with van der Waals surface area (Å²) in [5.74, 6) is 3.38. The van der Waals surface area contributed by atoms with Crippen LogP contribution in [0.2, 0.25) is 0 Å². The predicted octanol–water partition coefficient (Wildman–Crippen LogP) is 2.57. The van der Waals surface area contributed by atoms with Crippen LogP contribution in [-0.4, -0.2) is 25.5 Å². The van der Waals surface area contributed by atoms with Crippen molar-refractivity contribution in [2.75, 3.05) is 13.2 Å². The smallest absolute Gasteiger partial charge is 0.274 e. The standard InChI is InChI=1S/C8H6F5O4P/c1-3-5-15-18(14,16-6-4-2)17-8(12,13)7(9,10)11/h1-2H,5-6H2. The van der Waals surface area contributed by atoms with E-state index in [4.69, 9.17) is 0 Å². The molecule has 0 unspecified atom stereocenters. The minimum atomic E-state index is -6.10. The van der Waals surface area contributed by atoms with Crippen molar-refractivity contribution < 1.29 is 40.1 Å². The van der Waals surface area contributed by atoms with Gasteiger partial charge in [-0.25, -0.2) is 9.09 Å². The molecule has 0 rings (SSSR count). The van der Waals surface area contributed by atoms with Gasteiger partial charge in [-0.05, 0) is 0 Å². The first-order valence-corrected chi connectivity index (χ1v) is 5.45. The van der Waals surface area contributed by atoms with Gasteiger partial charge in [-0.3, -0.25) is 9.05 Å². The van der Waals surface area contributed by atoms with Crippen molar-refractivity contribution in [3.05, 3.63) is 0 Å². The summed E-state index contributed by atoms with van der Waals surface area (Å²) in [7, 11) is -5.23. The summed E-state index contributed by atoms with van der Waals surface area (Å²) in [5, 5.41) is 0. The average molecular weight is 292 g/mol. The molecule has 0 amide bonds. The van der Waals surface area contributed by atoms with Crippen LogP contribution in [0.1, 0.15) is 0 Å². The van der Waals surface area contributed by atoms with Gasteiger partial charge in [0.15, 0.2) is 0 Å². The number of alkyl halides is 5. The van der Waals surface area contributed by atoms with Crippen LogP contribution < -0.4 is 0 Å². The molecule has 0 aliphatic rings. The third-order valence-corrected chi connectivity index (χ3v) is 2.51. The van der Waals surface area contributed by atoms with E-state index in [0.29, 0.717) is 0 Å². The molecule has 0 radical (unpaired) electrons. The third kappa shape index (κ3) is 5.03. The van der Waals surface area contributed by atoms with Gasteiger partial charge in [0.05, 0.1) is 0 Å². The average Bonchev–Trinajstić information content (AvgIpc) is 2.21. The van der Waals surface area contributed by atoms with Crippen LogP contribution in [-0.2, 0) is 18.1 Å². The molecule has 0 saturated carbocycles. The zero-order valence-corrected chi connectivity index (χ0v) is 9.43. The van der Waals surface area contributed by atoms with E-state index in [-0.39, 0.29) is 0 Å². The molecule has 10 heteroatoms. The second kappa shape index (κ2) is 6.17. The Balaban J connectivity index is 4.96. The number of hydrogen-bond donors (Lipinski definition) is 0. The van der Waals surface area contributed by atoms with Gasteiger partial charge in [0.1, 0.15) is 13.2 Å². The topological polar surface area (TPSA) is 44.8 Å². The maximum absolute atomic E-state index is 12.5. The van der Waals surface area contributed by atoms with Crippen molar-refractivity contribution in [1.29, 1.82) is 0 Å². The van der Waals surface area contributed by atoms with Crippen molar-refractivity contribution in [1.82, 2.24) is 0 Å². The Kier molecular flexibility index (Phi) is 5.78. The minimum Gasteiger partial charge on any atom is -0.274 e. The van der Waals surface area contributed by atoms with E-state index in [1.54, 1.807) is 11.8 Å². The maximum Gasteiger partial charge on any atom is 0.483 e. The molecular formula is C8H6F5O4P. The SMILES string of the molecule is C#CCOP(=O)(OCC#C)OC(F)(F)C(F)(F)F. The summed E-state index contributed by atoms with van der Waals surface area (Å²) in [6.07, 6.45) is -2.51. The van der Waals surface area contributed by atoms with Crippen molar-refractivity contribution in [2.45, 2.75) is 12.3 Å². The highest BCUT2D eigenvalue weighted by Gasteiger charge is 2.63. The number of phosphoric acid groups is 1. The number of terminal acetylenes is 2. The lowest BCUT2D eigenvalue weighted by Gasteiger charge is -2.23. The molecule has 0 heterocycles. The van der Waals surface area contributed by atoms with Crippen molar-refractivity contribution >= 4 is 7.82 Å². The molecule has 102 valence electrons. The highest BCUT2D eigenvalue weighted by Crippen LogP contribution is 2.56. The highest BCUT2D eigenvalue weighted by molar-refractivity contribution is 7.48. The normalized spacial score (nSPS) is 12.8. The van der Waals surface area contributed by atoms with Gasteiger partial charge in [0, 0.05) is 0 Å². The second-order valence-corrected chi connectivity index (χ2v) is 4.10. The molecule has 0 saturated heterocycles. The van der Waals surface area contributed by atoms with Crippen LogP contribution in [0.4, 0.5) is 22.0 Å². The molecule has 0 spiro atoms. The summed E-state index contributed by atoms with van der Waals surface area (Å²) >= 11 is 0. The number of halogens is 5. The first kappa shape index (κ1) is 16.9. The Hall–Kier alpha value is -1.12. The van der Waals surface area contributed by atoms with E-state index < -0.39 is 33.3 Å². The highest BCUT2D eigenvalue weighted by atomic mass is 31.2. The van der Waals surface area contributed by atoms with Gasteiger partial charge in [-0.1, -0.05) is 11.8 Å². The summed E-state index contributed by atoms with van der Waals surface area (Å²) in [5.41, 5.74) is 0. The summed E-state index contributed by atoms with van der Waals surface area (Å²) in [6.45, 7) is -1.73. The zero-order valence-electron chi connectivity index (χ0n) is 8.54. The molecular weight excluding hydrogens is 286 g/mol. The van der Waals surface area contributed by atoms with E-state index in [9.17, 15) is 26.5 Å². The number of phosphoric ester groups is 1. The van der Waals surface area contributed by atoms with Gasteiger partial charge in [0.2, 0.25) is 0 Å².